The maximum Gasteiger partial charge on any atom is 0.243 e. The van der Waals surface area contributed by atoms with E-state index in [1.807, 2.05) is 12.1 Å². The summed E-state index contributed by atoms with van der Waals surface area (Å²) in [7, 11) is -3.41. The van der Waals surface area contributed by atoms with E-state index in [1.165, 1.54) is 11.1 Å². The molecule has 0 saturated carbocycles. The second-order valence-electron chi connectivity index (χ2n) is 7.75. The van der Waals surface area contributed by atoms with Crippen molar-refractivity contribution in [3.8, 4) is 0 Å². The average molecular weight is 375 g/mol. The van der Waals surface area contributed by atoms with Crippen LogP contribution in [0.2, 0.25) is 0 Å². The lowest BCUT2D eigenvalue weighted by atomic mass is 10.0. The van der Waals surface area contributed by atoms with Gasteiger partial charge in [-0.05, 0) is 68.7 Å². The van der Waals surface area contributed by atoms with Crippen LogP contribution in [0.25, 0.3) is 0 Å². The summed E-state index contributed by atoms with van der Waals surface area (Å²) in [6.07, 6.45) is 6.59. The third kappa shape index (κ3) is 3.18. The van der Waals surface area contributed by atoms with Gasteiger partial charge in [-0.15, -0.1) is 10.2 Å². The van der Waals surface area contributed by atoms with Crippen LogP contribution in [-0.4, -0.2) is 40.6 Å². The van der Waals surface area contributed by atoms with E-state index in [0.29, 0.717) is 29.9 Å². The van der Waals surface area contributed by atoms with Gasteiger partial charge < -0.3 is 4.57 Å². The molecule has 0 spiro atoms. The second-order valence-corrected chi connectivity index (χ2v) is 9.69. The van der Waals surface area contributed by atoms with E-state index in [2.05, 4.69) is 28.6 Å². The van der Waals surface area contributed by atoms with Crippen molar-refractivity contribution in [3.63, 3.8) is 0 Å². The van der Waals surface area contributed by atoms with Gasteiger partial charge in [-0.1, -0.05) is 6.07 Å². The summed E-state index contributed by atoms with van der Waals surface area (Å²) in [5.74, 6) is 1.24. The molecular formula is C19H26N4O2S. The van der Waals surface area contributed by atoms with Crippen molar-refractivity contribution in [2.24, 2.45) is 5.92 Å². The molecule has 0 bridgehead atoms. The number of aromatic nitrogens is 3. The van der Waals surface area contributed by atoms with Crippen LogP contribution in [0.5, 0.6) is 0 Å². The molecule has 1 fully saturated rings. The fraction of sp³-hybridized carbons (Fsp3) is 0.579. The molecule has 1 aromatic heterocycles. The number of rotatable bonds is 5. The van der Waals surface area contributed by atoms with Gasteiger partial charge in [0.15, 0.2) is 0 Å². The van der Waals surface area contributed by atoms with E-state index in [-0.39, 0.29) is 0 Å². The average Bonchev–Trinajstić information content (AvgIpc) is 3.34. The van der Waals surface area contributed by atoms with Crippen LogP contribution in [0, 0.1) is 5.92 Å². The van der Waals surface area contributed by atoms with E-state index >= 15 is 0 Å². The van der Waals surface area contributed by atoms with Gasteiger partial charge in [-0.3, -0.25) is 0 Å². The summed E-state index contributed by atoms with van der Waals surface area (Å²) in [4.78, 5) is 0.448. The quantitative estimate of drug-likeness (QED) is 0.807. The summed E-state index contributed by atoms with van der Waals surface area (Å²) in [6.45, 7) is 5.35. The maximum absolute atomic E-state index is 13.1. The number of benzene rings is 1. The Morgan fingerprint density at radius 2 is 2.04 bits per heavy atom. The molecule has 1 atom stereocenters. The summed E-state index contributed by atoms with van der Waals surface area (Å²) in [5, 5.41) is 8.25. The summed E-state index contributed by atoms with van der Waals surface area (Å²) >= 11 is 0. The fourth-order valence-corrected chi connectivity index (χ4v) is 5.72. The Kier molecular flexibility index (Phi) is 4.61. The number of fused-ring (bicyclic) bond motifs is 1. The third-order valence-electron chi connectivity index (χ3n) is 5.63. The number of aryl methyl sites for hydroxylation is 2. The van der Waals surface area contributed by atoms with Crippen molar-refractivity contribution in [1.82, 2.24) is 19.1 Å². The first kappa shape index (κ1) is 17.7. The Bertz CT molecular complexity index is 904. The molecule has 1 aliphatic heterocycles. The van der Waals surface area contributed by atoms with Crippen molar-refractivity contribution >= 4 is 10.0 Å². The zero-order chi connectivity index (χ0) is 18.3. The molecule has 2 aromatic rings. The highest BCUT2D eigenvalue weighted by Crippen LogP contribution is 2.30. The molecular weight excluding hydrogens is 348 g/mol. The number of hydrogen-bond donors (Lipinski definition) is 0. The fourth-order valence-electron chi connectivity index (χ4n) is 4.14. The standard InChI is InChI=1S/C19H26N4O2S/c1-14(2)23-13-20-21-19(23)10-15-8-9-22(12-15)26(24,25)18-7-6-16-4-3-5-17(16)11-18/h6-7,11,13-15H,3-5,8-10,12H2,1-2H3. The minimum atomic E-state index is -3.41. The first-order valence-electron chi connectivity index (χ1n) is 9.45. The van der Waals surface area contributed by atoms with E-state index in [9.17, 15) is 8.42 Å². The molecule has 1 unspecified atom stereocenters. The lowest BCUT2D eigenvalue weighted by Crippen LogP contribution is -2.29. The van der Waals surface area contributed by atoms with Gasteiger partial charge in [0.05, 0.1) is 4.90 Å². The number of nitrogens with zero attached hydrogens (tertiary/aromatic N) is 4. The van der Waals surface area contributed by atoms with Gasteiger partial charge in [-0.2, -0.15) is 4.31 Å². The van der Waals surface area contributed by atoms with E-state index in [4.69, 9.17) is 0 Å². The topological polar surface area (TPSA) is 68.1 Å². The minimum absolute atomic E-state index is 0.293. The maximum atomic E-state index is 13.1. The monoisotopic (exact) mass is 374 g/mol. The highest BCUT2D eigenvalue weighted by atomic mass is 32.2. The first-order chi connectivity index (χ1) is 12.4. The largest absolute Gasteiger partial charge is 0.315 e. The van der Waals surface area contributed by atoms with Crippen LogP contribution in [0.4, 0.5) is 0 Å². The Balaban J connectivity index is 1.48. The van der Waals surface area contributed by atoms with Crippen molar-refractivity contribution < 1.29 is 8.42 Å². The van der Waals surface area contributed by atoms with Crippen molar-refractivity contribution in [3.05, 3.63) is 41.5 Å². The molecule has 6 nitrogen and oxygen atoms in total. The van der Waals surface area contributed by atoms with Crippen LogP contribution >= 0.6 is 0 Å². The highest BCUT2D eigenvalue weighted by molar-refractivity contribution is 7.89. The number of sulfonamides is 1. The van der Waals surface area contributed by atoms with Crippen LogP contribution in [0.3, 0.4) is 0 Å². The second kappa shape index (κ2) is 6.78. The molecule has 1 aromatic carbocycles. The minimum Gasteiger partial charge on any atom is -0.315 e. The predicted molar refractivity (Wildman–Crippen MR) is 99.4 cm³/mol. The Morgan fingerprint density at radius 3 is 2.85 bits per heavy atom. The number of hydrogen-bond acceptors (Lipinski definition) is 4. The molecule has 7 heteroatoms. The van der Waals surface area contributed by atoms with Crippen LogP contribution in [0.15, 0.2) is 29.4 Å². The van der Waals surface area contributed by atoms with Gasteiger partial charge >= 0.3 is 0 Å². The van der Waals surface area contributed by atoms with Crippen molar-refractivity contribution in [1.29, 1.82) is 0 Å². The summed E-state index contributed by atoms with van der Waals surface area (Å²) in [6, 6.07) is 5.98. The van der Waals surface area contributed by atoms with E-state index in [0.717, 1.165) is 37.9 Å². The van der Waals surface area contributed by atoms with Gasteiger partial charge in [-0.25, -0.2) is 8.42 Å². The Morgan fingerprint density at radius 1 is 1.23 bits per heavy atom. The molecule has 1 aliphatic carbocycles. The summed E-state index contributed by atoms with van der Waals surface area (Å²) in [5.41, 5.74) is 2.50. The van der Waals surface area contributed by atoms with Gasteiger partial charge in [0, 0.05) is 25.6 Å². The van der Waals surface area contributed by atoms with Crippen molar-refractivity contribution in [2.45, 2.75) is 56.9 Å². The summed E-state index contributed by atoms with van der Waals surface area (Å²) < 4.78 is 29.8. The molecule has 26 heavy (non-hydrogen) atoms. The van der Waals surface area contributed by atoms with Crippen LogP contribution in [-0.2, 0) is 29.3 Å². The van der Waals surface area contributed by atoms with Gasteiger partial charge in [0.25, 0.3) is 0 Å². The molecule has 0 N–H and O–H groups in total. The molecule has 1 saturated heterocycles. The Hall–Kier alpha value is -1.73. The lowest BCUT2D eigenvalue weighted by Gasteiger charge is -2.18. The molecule has 2 heterocycles. The molecule has 0 amide bonds. The van der Waals surface area contributed by atoms with Gasteiger partial charge in [0.2, 0.25) is 10.0 Å². The smallest absolute Gasteiger partial charge is 0.243 e. The van der Waals surface area contributed by atoms with Gasteiger partial charge in [0.1, 0.15) is 12.2 Å². The van der Waals surface area contributed by atoms with Crippen LogP contribution in [0.1, 0.15) is 49.7 Å². The zero-order valence-corrected chi connectivity index (χ0v) is 16.2. The zero-order valence-electron chi connectivity index (χ0n) is 15.4. The molecule has 2 aliphatic rings. The Labute approximate surface area is 155 Å². The van der Waals surface area contributed by atoms with E-state index < -0.39 is 10.0 Å². The molecule has 4 rings (SSSR count). The normalized spacial score (nSPS) is 20.8. The van der Waals surface area contributed by atoms with Crippen molar-refractivity contribution in [2.75, 3.05) is 13.1 Å². The molecule has 0 radical (unpaired) electrons. The molecule has 140 valence electrons. The SMILES string of the molecule is CC(C)n1cnnc1CC1CCN(S(=O)(=O)c2ccc3c(c2)CCC3)C1. The lowest BCUT2D eigenvalue weighted by molar-refractivity contribution is 0.446. The predicted octanol–water partition coefficient (Wildman–Crippen LogP) is 2.60. The third-order valence-corrected chi connectivity index (χ3v) is 7.49. The van der Waals surface area contributed by atoms with Crippen LogP contribution < -0.4 is 0 Å². The van der Waals surface area contributed by atoms with E-state index in [1.54, 1.807) is 16.7 Å². The highest BCUT2D eigenvalue weighted by Gasteiger charge is 2.33. The first-order valence-corrected chi connectivity index (χ1v) is 10.9.